The molecule has 0 radical (unpaired) electrons. The minimum absolute atomic E-state index is 0.617. The third-order valence-electron chi connectivity index (χ3n) is 10.2. The molecule has 0 spiro atoms. The van der Waals surface area contributed by atoms with Crippen molar-refractivity contribution in [1.82, 2.24) is 9.55 Å². The Morgan fingerprint density at radius 1 is 0.538 bits per heavy atom. The van der Waals surface area contributed by atoms with Crippen LogP contribution in [0.4, 0.5) is 17.1 Å². The fourth-order valence-electron chi connectivity index (χ4n) is 7.88. The van der Waals surface area contributed by atoms with Gasteiger partial charge in [-0.05, 0) is 78.2 Å². The first-order valence-electron chi connectivity index (χ1n) is 17.5. The van der Waals surface area contributed by atoms with Crippen LogP contribution < -0.4 is 4.90 Å². The maximum atomic E-state index is 6.28. The topological polar surface area (TPSA) is 34.2 Å². The van der Waals surface area contributed by atoms with E-state index in [1.54, 1.807) is 0 Å². The molecule has 0 saturated heterocycles. The summed E-state index contributed by atoms with van der Waals surface area (Å²) in [5.74, 6) is 0.617. The van der Waals surface area contributed by atoms with Crippen molar-refractivity contribution in [3.05, 3.63) is 176 Å². The highest BCUT2D eigenvalue weighted by Gasteiger charge is 2.23. The molecule has 52 heavy (non-hydrogen) atoms. The van der Waals surface area contributed by atoms with Crippen LogP contribution in [0.15, 0.2) is 180 Å². The Morgan fingerprint density at radius 2 is 1.25 bits per heavy atom. The van der Waals surface area contributed by atoms with Crippen LogP contribution in [0.25, 0.3) is 81.0 Å². The van der Waals surface area contributed by atoms with Crippen molar-refractivity contribution >= 4 is 92.2 Å². The number of oxazole rings is 1. The Bertz CT molecular complexity index is 3140. The number of rotatable bonds is 5. The molecule has 8 aromatic carbocycles. The van der Waals surface area contributed by atoms with E-state index in [4.69, 9.17) is 9.40 Å². The van der Waals surface area contributed by atoms with Crippen molar-refractivity contribution in [2.24, 2.45) is 0 Å². The maximum absolute atomic E-state index is 6.28. The summed E-state index contributed by atoms with van der Waals surface area (Å²) in [6.45, 7) is 0. The molecule has 0 fully saturated rings. The van der Waals surface area contributed by atoms with Gasteiger partial charge in [0.05, 0.1) is 16.7 Å². The van der Waals surface area contributed by atoms with Crippen molar-refractivity contribution < 1.29 is 4.42 Å². The van der Waals surface area contributed by atoms with E-state index in [0.717, 1.165) is 44.9 Å². The zero-order chi connectivity index (χ0) is 34.2. The smallest absolute Gasteiger partial charge is 0.227 e. The molecule has 0 atom stereocenters. The lowest BCUT2D eigenvalue weighted by atomic mass is 10.0. The summed E-state index contributed by atoms with van der Waals surface area (Å²) in [6.07, 6.45) is 0. The van der Waals surface area contributed by atoms with Gasteiger partial charge in [0.2, 0.25) is 5.89 Å². The molecular formula is C47H29N3OS. The van der Waals surface area contributed by atoms with Crippen molar-refractivity contribution in [3.63, 3.8) is 0 Å². The van der Waals surface area contributed by atoms with E-state index in [2.05, 4.69) is 155 Å². The Labute approximate surface area is 303 Å². The van der Waals surface area contributed by atoms with Gasteiger partial charge in [-0.1, -0.05) is 103 Å². The number of thiophene rings is 1. The number of anilines is 3. The minimum Gasteiger partial charge on any atom is -0.436 e. The number of fused-ring (bicyclic) bond motifs is 9. The third-order valence-corrected chi connectivity index (χ3v) is 11.3. The quantitative estimate of drug-likeness (QED) is 0.181. The highest BCUT2D eigenvalue weighted by Crippen LogP contribution is 2.47. The van der Waals surface area contributed by atoms with Crippen LogP contribution in [-0.2, 0) is 0 Å². The second-order valence-corrected chi connectivity index (χ2v) is 14.3. The number of benzene rings is 8. The zero-order valence-corrected chi connectivity index (χ0v) is 28.7. The molecule has 0 bridgehead atoms. The zero-order valence-electron chi connectivity index (χ0n) is 27.9. The van der Waals surface area contributed by atoms with E-state index >= 15 is 0 Å². The van der Waals surface area contributed by atoms with Crippen LogP contribution in [0.1, 0.15) is 0 Å². The van der Waals surface area contributed by atoms with Crippen LogP contribution in [-0.4, -0.2) is 9.55 Å². The van der Waals surface area contributed by atoms with E-state index in [0.29, 0.717) is 5.89 Å². The number of hydrogen-bond acceptors (Lipinski definition) is 4. The maximum Gasteiger partial charge on any atom is 0.227 e. The van der Waals surface area contributed by atoms with Crippen LogP contribution in [0, 0.1) is 0 Å². The van der Waals surface area contributed by atoms with Gasteiger partial charge in [-0.15, -0.1) is 11.3 Å². The molecule has 0 N–H and O–H groups in total. The largest absolute Gasteiger partial charge is 0.436 e. The van der Waals surface area contributed by atoms with Crippen LogP contribution in [0.5, 0.6) is 0 Å². The molecule has 11 rings (SSSR count). The van der Waals surface area contributed by atoms with Crippen LogP contribution >= 0.6 is 11.3 Å². The Kier molecular flexibility index (Phi) is 6.39. The number of para-hydroxylation sites is 1. The first-order valence-corrected chi connectivity index (χ1v) is 18.3. The second kappa shape index (κ2) is 11.4. The van der Waals surface area contributed by atoms with E-state index < -0.39 is 0 Å². The van der Waals surface area contributed by atoms with Gasteiger partial charge in [0.1, 0.15) is 5.52 Å². The predicted octanol–water partition coefficient (Wildman–Crippen LogP) is 13.6. The molecule has 0 amide bonds. The summed E-state index contributed by atoms with van der Waals surface area (Å²) in [7, 11) is 0. The van der Waals surface area contributed by atoms with Crippen LogP contribution in [0.3, 0.4) is 0 Å². The summed E-state index contributed by atoms with van der Waals surface area (Å²) in [5, 5.41) is 7.40. The highest BCUT2D eigenvalue weighted by atomic mass is 32.1. The van der Waals surface area contributed by atoms with E-state index in [9.17, 15) is 0 Å². The molecule has 11 aromatic rings. The van der Waals surface area contributed by atoms with Gasteiger partial charge in [-0.25, -0.2) is 4.98 Å². The molecular weight excluding hydrogens is 655 g/mol. The summed E-state index contributed by atoms with van der Waals surface area (Å²) >= 11 is 1.84. The lowest BCUT2D eigenvalue weighted by Crippen LogP contribution is -2.10. The Morgan fingerprint density at radius 3 is 2.13 bits per heavy atom. The van der Waals surface area contributed by atoms with Gasteiger partial charge in [0.15, 0.2) is 5.58 Å². The Hall–Kier alpha value is -6.69. The molecule has 3 heterocycles. The van der Waals surface area contributed by atoms with Crippen molar-refractivity contribution in [1.29, 1.82) is 0 Å². The number of nitrogens with zero attached hydrogens (tertiary/aromatic N) is 3. The lowest BCUT2D eigenvalue weighted by Gasteiger charge is -2.26. The standard InChI is InChI=1S/C47H29N3OS/c1-3-13-31(14-4-1)47-48-39-28-33(24-27-42(39)51-47)49(34-23-26-37-36-18-9-10-21-43(36)52-44(37)29-34)40-19-11-20-41-45(40)38-25-22-30-12-7-8-17-35(30)46(38)50(41)32-15-5-2-6-16-32/h1-29H. The average Bonchev–Trinajstić information content (AvgIpc) is 3.90. The van der Waals surface area contributed by atoms with E-state index in [1.807, 2.05) is 41.7 Å². The molecule has 244 valence electrons. The van der Waals surface area contributed by atoms with Crippen molar-refractivity contribution in [2.75, 3.05) is 4.90 Å². The molecule has 0 aliphatic heterocycles. The average molecular weight is 684 g/mol. The first-order chi connectivity index (χ1) is 25.8. The summed E-state index contributed by atoms with van der Waals surface area (Å²) < 4.78 is 11.3. The van der Waals surface area contributed by atoms with Gasteiger partial charge >= 0.3 is 0 Å². The van der Waals surface area contributed by atoms with Gasteiger partial charge in [-0.2, -0.15) is 0 Å². The van der Waals surface area contributed by atoms with E-state index in [1.165, 1.54) is 47.2 Å². The van der Waals surface area contributed by atoms with Crippen molar-refractivity contribution in [3.8, 4) is 17.1 Å². The third kappa shape index (κ3) is 4.43. The highest BCUT2D eigenvalue weighted by molar-refractivity contribution is 7.25. The van der Waals surface area contributed by atoms with Crippen LogP contribution in [0.2, 0.25) is 0 Å². The summed E-state index contributed by atoms with van der Waals surface area (Å²) in [4.78, 5) is 7.38. The van der Waals surface area contributed by atoms with Crippen molar-refractivity contribution in [2.45, 2.75) is 0 Å². The molecule has 3 aromatic heterocycles. The molecule has 4 nitrogen and oxygen atoms in total. The molecule has 0 unspecified atom stereocenters. The normalized spacial score (nSPS) is 11.8. The second-order valence-electron chi connectivity index (χ2n) is 13.2. The number of hydrogen-bond donors (Lipinski definition) is 0. The predicted molar refractivity (Wildman–Crippen MR) is 219 cm³/mol. The fraction of sp³-hybridized carbons (Fsp3) is 0. The molecule has 0 aliphatic carbocycles. The van der Waals surface area contributed by atoms with E-state index in [-0.39, 0.29) is 0 Å². The van der Waals surface area contributed by atoms with Gasteiger partial charge in [-0.3, -0.25) is 0 Å². The number of aromatic nitrogens is 2. The minimum atomic E-state index is 0.617. The monoisotopic (exact) mass is 683 g/mol. The van der Waals surface area contributed by atoms with Gasteiger partial charge in [0, 0.05) is 59.0 Å². The SMILES string of the molecule is c1ccc(-c2nc3cc(N(c4ccc5c(c4)sc4ccccc45)c4cccc5c4c4ccc6ccccc6c4n5-c4ccccc4)ccc3o2)cc1. The van der Waals surface area contributed by atoms with Gasteiger partial charge in [0.25, 0.3) is 0 Å². The molecule has 5 heteroatoms. The first kappa shape index (κ1) is 29.1. The summed E-state index contributed by atoms with van der Waals surface area (Å²) in [6, 6.07) is 62.7. The lowest BCUT2D eigenvalue weighted by molar-refractivity contribution is 0.620. The fourth-order valence-corrected chi connectivity index (χ4v) is 9.02. The molecule has 0 aliphatic rings. The van der Waals surface area contributed by atoms with Gasteiger partial charge < -0.3 is 13.9 Å². The molecule has 0 saturated carbocycles. The Balaban J connectivity index is 1.22. The summed E-state index contributed by atoms with van der Waals surface area (Å²) in [5.41, 5.74) is 9.20.